The predicted molar refractivity (Wildman–Crippen MR) is 99.2 cm³/mol. The largest absolute Gasteiger partial charge is 1.00 e. The summed E-state index contributed by atoms with van der Waals surface area (Å²) in [5.74, 6) is -1.87. The zero-order chi connectivity index (χ0) is 21.3. The van der Waals surface area contributed by atoms with Crippen molar-refractivity contribution in [2.45, 2.75) is 0 Å². The van der Waals surface area contributed by atoms with E-state index in [1.54, 1.807) is 0 Å². The van der Waals surface area contributed by atoms with Crippen LogP contribution in [-0.2, 0) is 10.4 Å². The molecule has 0 saturated carbocycles. The standard InChI is InChI=1S/C18H16O10S.K/c1-24-10-6-4-9(5-7-10)16-18(28-29(21,22)23)15(20)13-11(27-16)8-12(25-2)17(26-3)14(13)19;/h4-8,19H,1-3H3,(H,21,22,23);/q;+1/p-1. The Morgan fingerprint density at radius 1 is 1.00 bits per heavy atom. The van der Waals surface area contributed by atoms with E-state index in [4.69, 9.17) is 23.2 Å². The molecule has 10 nitrogen and oxygen atoms in total. The quantitative estimate of drug-likeness (QED) is 0.348. The van der Waals surface area contributed by atoms with Gasteiger partial charge < -0.3 is 27.9 Å². The fraction of sp³-hybridized carbons (Fsp3) is 0.167. The normalized spacial score (nSPS) is 10.9. The van der Waals surface area contributed by atoms with Gasteiger partial charge in [0, 0.05) is 11.6 Å². The van der Waals surface area contributed by atoms with Crippen molar-refractivity contribution in [3.63, 3.8) is 0 Å². The Balaban J connectivity index is 0.00000320. The van der Waals surface area contributed by atoms with E-state index in [1.165, 1.54) is 51.7 Å². The van der Waals surface area contributed by atoms with Crippen molar-refractivity contribution in [3.05, 3.63) is 40.6 Å². The van der Waals surface area contributed by atoms with Crippen LogP contribution in [-0.4, -0.2) is 34.3 Å². The Bertz CT molecular complexity index is 1230. The summed E-state index contributed by atoms with van der Waals surface area (Å²) < 4.78 is 56.9. The van der Waals surface area contributed by atoms with Crippen LogP contribution in [0, 0.1) is 0 Å². The van der Waals surface area contributed by atoms with Gasteiger partial charge in [0.1, 0.15) is 11.3 Å². The summed E-state index contributed by atoms with van der Waals surface area (Å²) in [6.07, 6.45) is 0. The molecule has 3 rings (SSSR count). The van der Waals surface area contributed by atoms with Crippen LogP contribution in [0.15, 0.2) is 39.5 Å². The molecule has 0 unspecified atom stereocenters. The first-order valence-corrected chi connectivity index (χ1v) is 9.30. The zero-order valence-electron chi connectivity index (χ0n) is 16.4. The van der Waals surface area contributed by atoms with E-state index in [0.29, 0.717) is 5.75 Å². The predicted octanol–water partition coefficient (Wildman–Crippen LogP) is -1.25. The fourth-order valence-electron chi connectivity index (χ4n) is 2.72. The van der Waals surface area contributed by atoms with Crippen molar-refractivity contribution in [2.75, 3.05) is 21.3 Å². The van der Waals surface area contributed by atoms with Gasteiger partial charge in [-0.15, -0.1) is 0 Å². The molecule has 0 bridgehead atoms. The second kappa shape index (κ2) is 9.55. The van der Waals surface area contributed by atoms with Crippen LogP contribution >= 0.6 is 0 Å². The van der Waals surface area contributed by atoms with Crippen LogP contribution in [0.1, 0.15) is 0 Å². The van der Waals surface area contributed by atoms with Crippen molar-refractivity contribution in [1.82, 2.24) is 0 Å². The summed E-state index contributed by atoms with van der Waals surface area (Å²) in [4.78, 5) is 12.9. The number of hydrogen-bond donors (Lipinski definition) is 1. The second-order valence-electron chi connectivity index (χ2n) is 5.64. The van der Waals surface area contributed by atoms with Crippen molar-refractivity contribution < 1.29 is 92.3 Å². The van der Waals surface area contributed by atoms with Crippen LogP contribution in [0.25, 0.3) is 22.3 Å². The third-order valence-corrected chi connectivity index (χ3v) is 4.36. The molecule has 0 aliphatic rings. The number of methoxy groups -OCH3 is 3. The van der Waals surface area contributed by atoms with Crippen molar-refractivity contribution in [3.8, 4) is 40.1 Å². The van der Waals surface area contributed by atoms with Gasteiger partial charge in [-0.05, 0) is 30.0 Å². The van der Waals surface area contributed by atoms with Gasteiger partial charge in [-0.3, -0.25) is 9.35 Å². The van der Waals surface area contributed by atoms with E-state index >= 15 is 0 Å². The minimum absolute atomic E-state index is 0. The average molecular weight is 462 g/mol. The number of rotatable bonds is 6. The number of benzene rings is 2. The van der Waals surface area contributed by atoms with Gasteiger partial charge in [0.2, 0.25) is 11.2 Å². The summed E-state index contributed by atoms with van der Waals surface area (Å²) in [5.41, 5.74) is -1.07. The van der Waals surface area contributed by atoms with Gasteiger partial charge in [0.25, 0.3) is 0 Å². The molecule has 0 aliphatic carbocycles. The van der Waals surface area contributed by atoms with Crippen LogP contribution in [0.3, 0.4) is 0 Å². The Morgan fingerprint density at radius 3 is 2.13 bits per heavy atom. The smallest absolute Gasteiger partial charge is 0.869 e. The summed E-state index contributed by atoms with van der Waals surface area (Å²) >= 11 is 0. The Kier molecular flexibility index (Phi) is 7.79. The van der Waals surface area contributed by atoms with Gasteiger partial charge in [0.05, 0.1) is 26.7 Å². The maximum atomic E-state index is 12.9. The maximum Gasteiger partial charge on any atom is 1.00 e. The first-order chi connectivity index (χ1) is 13.7. The van der Waals surface area contributed by atoms with E-state index in [-0.39, 0.29) is 79.8 Å². The summed E-state index contributed by atoms with van der Waals surface area (Å²) in [7, 11) is -1.15. The number of fused-ring (bicyclic) bond motifs is 1. The Morgan fingerprint density at radius 2 is 1.63 bits per heavy atom. The molecule has 1 heterocycles. The monoisotopic (exact) mass is 462 g/mol. The Labute approximate surface area is 213 Å². The molecular formula is C18H15KO10S. The maximum absolute atomic E-state index is 12.9. The molecule has 2 aromatic carbocycles. The van der Waals surface area contributed by atoms with Crippen LogP contribution < -0.4 is 80.3 Å². The molecule has 0 spiro atoms. The SMILES string of the molecule is COc1ccc(-c2oc3cc(OC)c(OC)c([O-])c3c(=O)c2OS(=O)(=O)O)cc1.[K+]. The van der Waals surface area contributed by atoms with Crippen LogP contribution in [0.2, 0.25) is 0 Å². The Hall–Kier alpha value is -1.80. The molecule has 0 atom stereocenters. The second-order valence-corrected chi connectivity index (χ2v) is 6.67. The summed E-state index contributed by atoms with van der Waals surface area (Å²) in [6.45, 7) is 0. The van der Waals surface area contributed by atoms with Crippen LogP contribution in [0.5, 0.6) is 28.7 Å². The molecule has 1 aromatic heterocycles. The molecule has 12 heteroatoms. The number of ether oxygens (including phenoxy) is 3. The van der Waals surface area contributed by atoms with Gasteiger partial charge in [-0.2, -0.15) is 8.42 Å². The number of hydrogen-bond acceptors (Lipinski definition) is 9. The molecule has 0 amide bonds. The molecule has 3 aromatic rings. The fourth-order valence-corrected chi connectivity index (χ4v) is 3.08. The van der Waals surface area contributed by atoms with Gasteiger partial charge >= 0.3 is 61.8 Å². The molecule has 1 N–H and O–H groups in total. The molecule has 0 aliphatic heterocycles. The molecular weight excluding hydrogens is 447 g/mol. The summed E-state index contributed by atoms with van der Waals surface area (Å²) in [6, 6.07) is 7.26. The van der Waals surface area contributed by atoms with E-state index < -0.39 is 32.7 Å². The van der Waals surface area contributed by atoms with Gasteiger partial charge in [-0.25, -0.2) is 0 Å². The van der Waals surface area contributed by atoms with Crippen molar-refractivity contribution >= 4 is 21.4 Å². The topological polar surface area (TPSA) is 145 Å². The molecule has 0 fully saturated rings. The van der Waals surface area contributed by atoms with E-state index in [0.717, 1.165) is 0 Å². The molecule has 0 saturated heterocycles. The third-order valence-electron chi connectivity index (χ3n) is 3.98. The zero-order valence-corrected chi connectivity index (χ0v) is 20.4. The molecule has 30 heavy (non-hydrogen) atoms. The minimum atomic E-state index is -5.10. The first-order valence-electron chi connectivity index (χ1n) is 7.94. The van der Waals surface area contributed by atoms with E-state index in [1.807, 2.05) is 0 Å². The first kappa shape index (κ1) is 24.5. The molecule has 154 valence electrons. The summed E-state index contributed by atoms with van der Waals surface area (Å²) in [5, 5.41) is 12.1. The van der Waals surface area contributed by atoms with E-state index in [9.17, 15) is 18.3 Å². The van der Waals surface area contributed by atoms with Crippen LogP contribution in [0.4, 0.5) is 0 Å². The van der Waals surface area contributed by atoms with Gasteiger partial charge in [-0.1, -0.05) is 0 Å². The minimum Gasteiger partial charge on any atom is -0.869 e. The van der Waals surface area contributed by atoms with Gasteiger partial charge in [0.15, 0.2) is 17.3 Å². The molecule has 0 radical (unpaired) electrons. The average Bonchev–Trinajstić information content (AvgIpc) is 2.68. The van der Waals surface area contributed by atoms with E-state index in [2.05, 4.69) is 4.18 Å². The van der Waals surface area contributed by atoms with Crippen molar-refractivity contribution in [2.24, 2.45) is 0 Å². The van der Waals surface area contributed by atoms with Crippen molar-refractivity contribution in [1.29, 1.82) is 0 Å². The third kappa shape index (κ3) is 4.75.